The van der Waals surface area contributed by atoms with Gasteiger partial charge in [0.15, 0.2) is 0 Å². The van der Waals surface area contributed by atoms with Crippen molar-refractivity contribution in [2.24, 2.45) is 5.73 Å². The van der Waals surface area contributed by atoms with Crippen LogP contribution in [-0.4, -0.2) is 34.6 Å². The molecule has 50 valence electrons. The Labute approximate surface area is 51.0 Å². The number of likely N-dealkylation sites (tertiary alicyclic amines) is 1. The van der Waals surface area contributed by atoms with E-state index in [1.165, 1.54) is 0 Å². The van der Waals surface area contributed by atoms with Crippen LogP contribution in [0.2, 0.25) is 0 Å². The zero-order chi connectivity index (χ0) is 7.02. The molecule has 1 heterocycles. The molecule has 1 fully saturated rings. The van der Waals surface area contributed by atoms with Crippen LogP contribution < -0.4 is 5.73 Å². The molecule has 5 nitrogen and oxygen atoms in total. The highest BCUT2D eigenvalue weighted by molar-refractivity contribution is 5.99. The van der Waals surface area contributed by atoms with Gasteiger partial charge in [-0.05, 0) is 0 Å². The van der Waals surface area contributed by atoms with Crippen molar-refractivity contribution in [3.8, 4) is 0 Å². The average molecular weight is 130 g/mol. The second-order valence-corrected chi connectivity index (χ2v) is 1.84. The molecule has 5 heteroatoms. The minimum Gasteiger partial charge on any atom is -0.465 e. The van der Waals surface area contributed by atoms with Gasteiger partial charge in [0.05, 0.1) is 6.54 Å². The van der Waals surface area contributed by atoms with E-state index in [0.717, 1.165) is 0 Å². The van der Waals surface area contributed by atoms with E-state index in [0.29, 0.717) is 4.90 Å². The molecule has 0 aromatic heterocycles. The maximum Gasteiger partial charge on any atom is 0.414 e. The molecule has 0 spiro atoms. The van der Waals surface area contributed by atoms with Crippen molar-refractivity contribution in [3.05, 3.63) is 0 Å². The van der Waals surface area contributed by atoms with Gasteiger partial charge in [0.25, 0.3) is 5.91 Å². The van der Waals surface area contributed by atoms with Crippen LogP contribution in [0.15, 0.2) is 0 Å². The lowest BCUT2D eigenvalue weighted by molar-refractivity contribution is -0.139. The van der Waals surface area contributed by atoms with E-state index in [-0.39, 0.29) is 6.54 Å². The molecule has 1 saturated heterocycles. The van der Waals surface area contributed by atoms with Gasteiger partial charge in [-0.25, -0.2) is 9.69 Å². The van der Waals surface area contributed by atoms with Crippen molar-refractivity contribution in [1.29, 1.82) is 0 Å². The summed E-state index contributed by atoms with van der Waals surface area (Å²) in [5.74, 6) is -0.512. The highest BCUT2D eigenvalue weighted by Crippen LogP contribution is 2.06. The van der Waals surface area contributed by atoms with Crippen LogP contribution in [0.3, 0.4) is 0 Å². The third-order valence-corrected chi connectivity index (χ3v) is 1.19. The highest BCUT2D eigenvalue weighted by atomic mass is 16.4. The first-order valence-corrected chi connectivity index (χ1v) is 2.43. The van der Waals surface area contributed by atoms with Crippen molar-refractivity contribution >= 4 is 12.0 Å². The van der Waals surface area contributed by atoms with Gasteiger partial charge >= 0.3 is 6.09 Å². The monoisotopic (exact) mass is 130 g/mol. The van der Waals surface area contributed by atoms with Crippen LogP contribution in [0.1, 0.15) is 0 Å². The molecule has 3 N–H and O–H groups in total. The number of rotatable bonds is 0. The number of hydrogen-bond donors (Lipinski definition) is 2. The Hall–Kier alpha value is -1.10. The number of carbonyl (C=O) groups excluding carboxylic acids is 1. The zero-order valence-corrected chi connectivity index (χ0v) is 4.57. The molecule has 9 heavy (non-hydrogen) atoms. The number of nitrogens with zero attached hydrogens (tertiary/aromatic N) is 1. The Kier molecular flexibility index (Phi) is 1.14. The van der Waals surface area contributed by atoms with Gasteiger partial charge in [0.1, 0.15) is 6.04 Å². The summed E-state index contributed by atoms with van der Waals surface area (Å²) >= 11 is 0. The number of nitrogens with two attached hydrogens (primary N) is 1. The Bertz CT molecular complexity index is 167. The highest BCUT2D eigenvalue weighted by Gasteiger charge is 2.37. The summed E-state index contributed by atoms with van der Waals surface area (Å²) in [5.41, 5.74) is 5.10. The van der Waals surface area contributed by atoms with Gasteiger partial charge in [-0.15, -0.1) is 0 Å². The largest absolute Gasteiger partial charge is 0.465 e. The second kappa shape index (κ2) is 1.70. The summed E-state index contributed by atoms with van der Waals surface area (Å²) < 4.78 is 0. The van der Waals surface area contributed by atoms with Gasteiger partial charge in [0.2, 0.25) is 0 Å². The molecule has 0 bridgehead atoms. The third-order valence-electron chi connectivity index (χ3n) is 1.19. The zero-order valence-electron chi connectivity index (χ0n) is 4.57. The molecule has 1 aliphatic rings. The van der Waals surface area contributed by atoms with E-state index in [4.69, 9.17) is 10.8 Å². The molecule has 2 amide bonds. The van der Waals surface area contributed by atoms with Crippen LogP contribution in [0, 0.1) is 0 Å². The molecule has 1 unspecified atom stereocenters. The summed E-state index contributed by atoms with van der Waals surface area (Å²) in [6.07, 6.45) is -1.22. The first-order valence-electron chi connectivity index (χ1n) is 2.43. The van der Waals surface area contributed by atoms with E-state index in [1.807, 2.05) is 0 Å². The average Bonchev–Trinajstić information content (AvgIpc) is 1.81. The Morgan fingerprint density at radius 3 is 2.56 bits per heavy atom. The lowest BCUT2D eigenvalue weighted by Gasteiger charge is -2.31. The van der Waals surface area contributed by atoms with Crippen molar-refractivity contribution < 1.29 is 14.7 Å². The van der Waals surface area contributed by atoms with Gasteiger partial charge in [-0.3, -0.25) is 4.79 Å². The fourth-order valence-corrected chi connectivity index (χ4v) is 0.625. The lowest BCUT2D eigenvalue weighted by atomic mass is 10.1. The fourth-order valence-electron chi connectivity index (χ4n) is 0.625. The molecule has 0 saturated carbocycles. The number of carboxylic acid groups (broad SMARTS) is 1. The standard InChI is InChI=1S/C4H6N2O3/c5-2-1-6(3(2)7)4(8)9/h2H,1,5H2,(H,8,9). The molecule has 1 aliphatic heterocycles. The van der Waals surface area contributed by atoms with E-state index in [1.54, 1.807) is 0 Å². The van der Waals surface area contributed by atoms with Crippen molar-refractivity contribution in [2.75, 3.05) is 6.54 Å². The maximum absolute atomic E-state index is 10.4. The summed E-state index contributed by atoms with van der Waals surface area (Å²) in [6, 6.07) is -0.596. The molecular weight excluding hydrogens is 124 g/mol. The number of imide groups is 1. The summed E-state index contributed by atoms with van der Waals surface area (Å²) in [5, 5.41) is 8.17. The van der Waals surface area contributed by atoms with Gasteiger partial charge in [-0.1, -0.05) is 0 Å². The minimum atomic E-state index is -1.22. The molecule has 0 aromatic carbocycles. The number of amides is 2. The van der Waals surface area contributed by atoms with Gasteiger partial charge in [0, 0.05) is 0 Å². The van der Waals surface area contributed by atoms with E-state index in [2.05, 4.69) is 0 Å². The Morgan fingerprint density at radius 1 is 1.89 bits per heavy atom. The topological polar surface area (TPSA) is 83.6 Å². The predicted octanol–water partition coefficient (Wildman–Crippen LogP) is -1.17. The molecule has 0 radical (unpaired) electrons. The Balaban J connectivity index is 2.52. The quantitative estimate of drug-likeness (QED) is 0.405. The van der Waals surface area contributed by atoms with Crippen LogP contribution in [0.25, 0.3) is 0 Å². The predicted molar refractivity (Wildman–Crippen MR) is 27.7 cm³/mol. The Morgan fingerprint density at radius 2 is 2.44 bits per heavy atom. The fraction of sp³-hybridized carbons (Fsp3) is 0.500. The van der Waals surface area contributed by atoms with Crippen molar-refractivity contribution in [2.45, 2.75) is 6.04 Å². The van der Waals surface area contributed by atoms with E-state index in [9.17, 15) is 9.59 Å². The number of carbonyl (C=O) groups is 2. The van der Waals surface area contributed by atoms with Gasteiger partial charge in [-0.2, -0.15) is 0 Å². The van der Waals surface area contributed by atoms with E-state index < -0.39 is 18.0 Å². The van der Waals surface area contributed by atoms with Crippen LogP contribution in [0.5, 0.6) is 0 Å². The SMILES string of the molecule is NC1CN(C(=O)O)C1=O. The molecule has 1 rings (SSSR count). The maximum atomic E-state index is 10.4. The second-order valence-electron chi connectivity index (χ2n) is 1.84. The lowest BCUT2D eigenvalue weighted by Crippen LogP contribution is -2.62. The van der Waals surface area contributed by atoms with Crippen LogP contribution in [-0.2, 0) is 4.79 Å². The van der Waals surface area contributed by atoms with E-state index >= 15 is 0 Å². The number of hydrogen-bond acceptors (Lipinski definition) is 3. The summed E-state index contributed by atoms with van der Waals surface area (Å²) in [6.45, 7) is 0.133. The summed E-state index contributed by atoms with van der Waals surface area (Å²) in [4.78, 5) is 21.1. The first-order chi connectivity index (χ1) is 4.13. The number of β-lactam (4-membered cyclic amide) rings is 1. The van der Waals surface area contributed by atoms with Crippen molar-refractivity contribution in [3.63, 3.8) is 0 Å². The molecule has 0 aliphatic carbocycles. The normalized spacial score (nSPS) is 25.7. The third kappa shape index (κ3) is 0.746. The molecule has 0 aromatic rings. The minimum absolute atomic E-state index is 0.133. The van der Waals surface area contributed by atoms with Crippen LogP contribution >= 0.6 is 0 Å². The first kappa shape index (κ1) is 6.03. The van der Waals surface area contributed by atoms with Gasteiger partial charge < -0.3 is 10.8 Å². The van der Waals surface area contributed by atoms with Crippen LogP contribution in [0.4, 0.5) is 4.79 Å². The molecule has 1 atom stereocenters. The van der Waals surface area contributed by atoms with Crippen molar-refractivity contribution in [1.82, 2.24) is 4.90 Å². The summed E-state index contributed by atoms with van der Waals surface area (Å²) in [7, 11) is 0. The smallest absolute Gasteiger partial charge is 0.414 e. The molecular formula is C4H6N2O3.